The van der Waals surface area contributed by atoms with Crippen LogP contribution < -0.4 is 11.1 Å². The van der Waals surface area contributed by atoms with Gasteiger partial charge >= 0.3 is 0 Å². The summed E-state index contributed by atoms with van der Waals surface area (Å²) in [6.07, 6.45) is 20.1. The molecule has 2 aromatic heterocycles. The number of hydrogen-bond acceptors (Lipinski definition) is 8. The second-order valence-corrected chi connectivity index (χ2v) is 10.8. The van der Waals surface area contributed by atoms with Crippen molar-refractivity contribution in [1.29, 1.82) is 0 Å². The van der Waals surface area contributed by atoms with E-state index < -0.39 is 0 Å². The van der Waals surface area contributed by atoms with E-state index in [1.54, 1.807) is 30.1 Å². The van der Waals surface area contributed by atoms with Crippen molar-refractivity contribution in [2.45, 2.75) is 65.0 Å². The van der Waals surface area contributed by atoms with Gasteiger partial charge in [-0.1, -0.05) is 38.3 Å². The van der Waals surface area contributed by atoms with Crippen molar-refractivity contribution >= 4 is 24.1 Å². The zero-order valence-corrected chi connectivity index (χ0v) is 26.1. The topological polar surface area (TPSA) is 111 Å². The third-order valence-electron chi connectivity index (χ3n) is 7.64. The third kappa shape index (κ3) is 9.12. The second-order valence-electron chi connectivity index (χ2n) is 10.8. The van der Waals surface area contributed by atoms with Gasteiger partial charge in [-0.15, -0.1) is 0 Å². The van der Waals surface area contributed by atoms with Gasteiger partial charge in [0, 0.05) is 72.6 Å². The molecule has 0 bridgehead atoms. The first-order chi connectivity index (χ1) is 20.9. The molecule has 3 atom stereocenters. The number of likely N-dealkylation sites (tertiary alicyclic amines) is 1. The van der Waals surface area contributed by atoms with Crippen LogP contribution in [-0.4, -0.2) is 64.4 Å². The van der Waals surface area contributed by atoms with Gasteiger partial charge in [0.05, 0.1) is 13.3 Å². The lowest BCUT2D eigenvalue weighted by molar-refractivity contribution is -0.104. The molecule has 9 nitrogen and oxygen atoms in total. The van der Waals surface area contributed by atoms with Gasteiger partial charge in [-0.3, -0.25) is 9.78 Å². The molecular weight excluding hydrogens is 538 g/mol. The van der Waals surface area contributed by atoms with E-state index in [2.05, 4.69) is 54.2 Å². The number of ether oxygens (including phenoxy) is 1. The van der Waals surface area contributed by atoms with Gasteiger partial charge < -0.3 is 20.7 Å². The average molecular weight is 586 g/mol. The maximum atomic E-state index is 11.5. The Balaban J connectivity index is 1.92. The molecule has 0 amide bonds. The Morgan fingerprint density at radius 2 is 2.12 bits per heavy atom. The van der Waals surface area contributed by atoms with Crippen molar-refractivity contribution in [1.82, 2.24) is 25.0 Å². The molecule has 0 spiro atoms. The molecule has 3 unspecified atom stereocenters. The molecule has 0 aliphatic carbocycles. The fourth-order valence-corrected chi connectivity index (χ4v) is 5.47. The molecule has 230 valence electrons. The summed E-state index contributed by atoms with van der Waals surface area (Å²) in [6, 6.07) is 4.96. The summed E-state index contributed by atoms with van der Waals surface area (Å²) in [6.45, 7) is 15.4. The van der Waals surface area contributed by atoms with Crippen LogP contribution in [0.3, 0.4) is 0 Å². The first-order valence-corrected chi connectivity index (χ1v) is 15.0. The van der Waals surface area contributed by atoms with E-state index in [0.29, 0.717) is 43.2 Å². The van der Waals surface area contributed by atoms with E-state index in [-0.39, 0.29) is 5.92 Å². The number of aliphatic imine (C=N–C) groups is 1. The Kier molecular flexibility index (Phi) is 13.2. The van der Waals surface area contributed by atoms with Crippen LogP contribution in [0.2, 0.25) is 0 Å². The first-order valence-electron chi connectivity index (χ1n) is 15.0. The molecule has 1 fully saturated rings. The lowest BCUT2D eigenvalue weighted by Crippen LogP contribution is -2.34. The molecule has 0 saturated carbocycles. The fraction of sp³-hybridized carbons (Fsp3) is 0.412. The molecule has 1 aliphatic heterocycles. The minimum absolute atomic E-state index is 0.267. The number of aromatic nitrogens is 3. The molecule has 2 aromatic rings. The summed E-state index contributed by atoms with van der Waals surface area (Å²) in [5.74, 6) is 2.13. The lowest BCUT2D eigenvalue weighted by Gasteiger charge is -2.32. The molecule has 0 aromatic carbocycles. The number of aldehydes is 1. The highest BCUT2D eigenvalue weighted by Gasteiger charge is 2.31. The summed E-state index contributed by atoms with van der Waals surface area (Å²) in [5, 5.41) is 7.82. The molecule has 3 heterocycles. The van der Waals surface area contributed by atoms with Crippen LogP contribution in [0.15, 0.2) is 84.5 Å². The van der Waals surface area contributed by atoms with Crippen LogP contribution in [0.4, 0.5) is 5.82 Å². The minimum Gasteiger partial charge on any atom is -0.497 e. The predicted molar refractivity (Wildman–Crippen MR) is 177 cm³/mol. The maximum Gasteiger partial charge on any atom is 0.164 e. The number of carbonyl (C=O) groups is 1. The van der Waals surface area contributed by atoms with E-state index in [1.165, 1.54) is 12.5 Å². The predicted octanol–water partition coefficient (Wildman–Crippen LogP) is 5.81. The second kappa shape index (κ2) is 17.0. The highest BCUT2D eigenvalue weighted by Crippen LogP contribution is 2.34. The quantitative estimate of drug-likeness (QED) is 0.0792. The summed E-state index contributed by atoms with van der Waals surface area (Å²) >= 11 is 0. The highest BCUT2D eigenvalue weighted by atomic mass is 16.5. The smallest absolute Gasteiger partial charge is 0.164 e. The van der Waals surface area contributed by atoms with Gasteiger partial charge in [-0.25, -0.2) is 4.99 Å². The monoisotopic (exact) mass is 585 g/mol. The largest absolute Gasteiger partial charge is 0.497 e. The minimum atomic E-state index is 0.267. The molecule has 3 rings (SSSR count). The number of nitrogens with zero attached hydrogens (tertiary/aromatic N) is 5. The Hall–Kier alpha value is -4.24. The molecule has 1 aliphatic rings. The normalized spacial score (nSPS) is 18.4. The van der Waals surface area contributed by atoms with E-state index in [4.69, 9.17) is 15.5 Å². The van der Waals surface area contributed by atoms with Gasteiger partial charge in [0.1, 0.15) is 17.9 Å². The summed E-state index contributed by atoms with van der Waals surface area (Å²) < 4.78 is 6.96. The van der Waals surface area contributed by atoms with E-state index in [9.17, 15) is 4.79 Å². The van der Waals surface area contributed by atoms with Crippen LogP contribution in [0.5, 0.6) is 0 Å². The molecule has 1 saturated heterocycles. The molecule has 43 heavy (non-hydrogen) atoms. The van der Waals surface area contributed by atoms with Crippen molar-refractivity contribution in [3.63, 3.8) is 0 Å². The number of allylic oxidation sites excluding steroid dienone is 6. The van der Waals surface area contributed by atoms with Crippen LogP contribution in [0.1, 0.15) is 52.1 Å². The Morgan fingerprint density at radius 1 is 1.30 bits per heavy atom. The van der Waals surface area contributed by atoms with Crippen molar-refractivity contribution in [2.75, 3.05) is 20.2 Å². The fourth-order valence-electron chi connectivity index (χ4n) is 5.47. The van der Waals surface area contributed by atoms with Crippen LogP contribution in [-0.2, 0) is 16.0 Å². The molecule has 3 N–H and O–H groups in total. The zero-order valence-electron chi connectivity index (χ0n) is 26.1. The van der Waals surface area contributed by atoms with Crippen molar-refractivity contribution in [2.24, 2.45) is 16.6 Å². The van der Waals surface area contributed by atoms with Crippen molar-refractivity contribution < 1.29 is 9.53 Å². The number of nitrogens with two attached hydrogens (primary N) is 1. The number of carbonyl (C=O) groups excluding carboxylic acids is 1. The summed E-state index contributed by atoms with van der Waals surface area (Å²) in [7, 11) is 1.63. The Morgan fingerprint density at radius 3 is 2.74 bits per heavy atom. The van der Waals surface area contributed by atoms with Crippen molar-refractivity contribution in [3.05, 3.63) is 85.2 Å². The molecule has 0 radical (unpaired) electrons. The highest BCUT2D eigenvalue weighted by molar-refractivity contribution is 5.81. The van der Waals surface area contributed by atoms with E-state index in [1.807, 2.05) is 36.7 Å². The summed E-state index contributed by atoms with van der Waals surface area (Å²) in [4.78, 5) is 23.7. The number of methoxy groups -OCH3 is 1. The van der Waals surface area contributed by atoms with Crippen molar-refractivity contribution in [3.8, 4) is 11.1 Å². The zero-order chi connectivity index (χ0) is 31.2. The van der Waals surface area contributed by atoms with E-state index in [0.717, 1.165) is 53.8 Å². The van der Waals surface area contributed by atoms with E-state index >= 15 is 0 Å². The van der Waals surface area contributed by atoms with Crippen LogP contribution in [0, 0.1) is 5.92 Å². The van der Waals surface area contributed by atoms with Crippen LogP contribution >= 0.6 is 0 Å². The number of hydrogen-bond donors (Lipinski definition) is 2. The SMILES string of the molecule is C=C/C=C(\C=C/Cc1ccc(-c2cnn(/C(=C/C=O)NCCN)c2/N=C/C(CC)CC2CCC(C)N2C(=C)C)cn1)OC. The average Bonchev–Trinajstić information content (AvgIpc) is 3.60. The maximum absolute atomic E-state index is 11.5. The summed E-state index contributed by atoms with van der Waals surface area (Å²) in [5.41, 5.74) is 9.47. The van der Waals surface area contributed by atoms with Gasteiger partial charge in [0.15, 0.2) is 5.82 Å². The van der Waals surface area contributed by atoms with Gasteiger partial charge in [-0.2, -0.15) is 9.78 Å². The number of nitrogens with one attached hydrogen (secondary N) is 1. The number of pyridine rings is 1. The first kappa shape index (κ1) is 33.3. The lowest BCUT2D eigenvalue weighted by atomic mass is 9.96. The molecule has 9 heteroatoms. The number of rotatable bonds is 17. The van der Waals surface area contributed by atoms with Gasteiger partial charge in [0.2, 0.25) is 0 Å². The molecular formula is C34H47N7O2. The third-order valence-corrected chi connectivity index (χ3v) is 7.64. The Bertz CT molecular complexity index is 1340. The van der Waals surface area contributed by atoms with Gasteiger partial charge in [0.25, 0.3) is 0 Å². The standard InChI is InChI=1S/C34H47N7O2/c1-7-10-31(43-6)12-9-11-29-15-14-28(23-37-29)32-24-39-41(33(17-20-42)36-19-18-35)34(32)38-22-27(8-2)21-30-16-13-26(5)40(30)25(3)4/h7,9-10,12,14-15,17,20,22-24,26-27,30,36H,1,3,8,11,13,16,18-19,21,35H2,2,4-6H3/b12-9-,31-10+,33-17+,38-22+. The Labute approximate surface area is 256 Å². The van der Waals surface area contributed by atoms with Crippen LogP contribution in [0.25, 0.3) is 16.9 Å². The van der Waals surface area contributed by atoms with Gasteiger partial charge in [-0.05, 0) is 63.7 Å².